The monoisotopic (exact) mass is 319 g/mol. The standard InChI is InChI=1S/C18H25NO2S/c1-18(10-14-6-2-3-7-15(14)11-18)19-17(20)13-22-12-16-8-4-5-9-21-16/h2-3,6-7,16H,4-5,8-13H2,1H3,(H,19,20)/t16-/m0/s1. The van der Waals surface area contributed by atoms with Gasteiger partial charge in [-0.25, -0.2) is 0 Å². The van der Waals surface area contributed by atoms with Crippen molar-refractivity contribution < 1.29 is 9.53 Å². The normalized spacial score (nSPS) is 23.0. The molecule has 4 heteroatoms. The number of nitrogens with one attached hydrogen (secondary N) is 1. The van der Waals surface area contributed by atoms with Gasteiger partial charge in [0, 0.05) is 17.9 Å². The summed E-state index contributed by atoms with van der Waals surface area (Å²) in [5.74, 6) is 1.62. The van der Waals surface area contributed by atoms with Crippen LogP contribution in [0.25, 0.3) is 0 Å². The van der Waals surface area contributed by atoms with E-state index >= 15 is 0 Å². The molecule has 2 aliphatic rings. The smallest absolute Gasteiger partial charge is 0.230 e. The number of hydrogen-bond acceptors (Lipinski definition) is 3. The predicted octanol–water partition coefficient (Wildman–Crippen LogP) is 2.96. The molecule has 0 spiro atoms. The van der Waals surface area contributed by atoms with E-state index in [1.165, 1.54) is 24.0 Å². The van der Waals surface area contributed by atoms with Crippen LogP contribution in [-0.2, 0) is 22.4 Å². The number of hydrogen-bond donors (Lipinski definition) is 1. The van der Waals surface area contributed by atoms with Crippen LogP contribution in [-0.4, -0.2) is 35.7 Å². The Labute approximate surface area is 137 Å². The molecule has 0 unspecified atom stereocenters. The van der Waals surface area contributed by atoms with Gasteiger partial charge in [0.1, 0.15) is 0 Å². The average molecular weight is 319 g/mol. The molecule has 22 heavy (non-hydrogen) atoms. The number of rotatable bonds is 5. The van der Waals surface area contributed by atoms with Crippen molar-refractivity contribution in [2.75, 3.05) is 18.1 Å². The summed E-state index contributed by atoms with van der Waals surface area (Å²) in [4.78, 5) is 12.2. The van der Waals surface area contributed by atoms with Crippen molar-refractivity contribution in [3.8, 4) is 0 Å². The summed E-state index contributed by atoms with van der Waals surface area (Å²) >= 11 is 1.70. The van der Waals surface area contributed by atoms with Crippen molar-refractivity contribution in [3.05, 3.63) is 35.4 Å². The average Bonchev–Trinajstić information content (AvgIpc) is 2.83. The molecule has 1 amide bonds. The molecule has 1 saturated heterocycles. The first-order valence-electron chi connectivity index (χ1n) is 8.22. The second-order valence-corrected chi connectivity index (χ2v) is 7.77. The fourth-order valence-electron chi connectivity index (χ4n) is 3.49. The maximum atomic E-state index is 12.2. The van der Waals surface area contributed by atoms with Crippen LogP contribution < -0.4 is 5.32 Å². The fraction of sp³-hybridized carbons (Fsp3) is 0.611. The molecule has 0 radical (unpaired) electrons. The Balaban J connectivity index is 1.42. The molecule has 120 valence electrons. The minimum absolute atomic E-state index is 0.122. The molecule has 1 heterocycles. The van der Waals surface area contributed by atoms with Crippen molar-refractivity contribution in [1.29, 1.82) is 0 Å². The highest BCUT2D eigenvalue weighted by Gasteiger charge is 2.33. The summed E-state index contributed by atoms with van der Waals surface area (Å²) in [6.45, 7) is 3.04. The lowest BCUT2D eigenvalue weighted by atomic mass is 9.99. The summed E-state index contributed by atoms with van der Waals surface area (Å²) in [5.41, 5.74) is 2.62. The molecular weight excluding hydrogens is 294 g/mol. The molecule has 0 bridgehead atoms. The second kappa shape index (κ2) is 7.05. The Bertz CT molecular complexity index is 501. The summed E-state index contributed by atoms with van der Waals surface area (Å²) in [6.07, 6.45) is 5.80. The number of amides is 1. The SMILES string of the molecule is CC1(NC(=O)CSC[C@@H]2CCCCO2)Cc2ccccc2C1. The Morgan fingerprint density at radius 1 is 1.32 bits per heavy atom. The topological polar surface area (TPSA) is 38.3 Å². The first-order valence-corrected chi connectivity index (χ1v) is 9.37. The molecule has 3 rings (SSSR count). The summed E-state index contributed by atoms with van der Waals surface area (Å²) in [7, 11) is 0. The van der Waals surface area contributed by atoms with Crippen molar-refractivity contribution in [3.63, 3.8) is 0 Å². The quantitative estimate of drug-likeness (QED) is 0.907. The van der Waals surface area contributed by atoms with Crippen LogP contribution in [0.1, 0.15) is 37.3 Å². The zero-order chi connectivity index (χ0) is 15.4. The van der Waals surface area contributed by atoms with E-state index in [1.807, 2.05) is 0 Å². The highest BCUT2D eigenvalue weighted by atomic mass is 32.2. The van der Waals surface area contributed by atoms with Gasteiger partial charge in [-0.1, -0.05) is 24.3 Å². The lowest BCUT2D eigenvalue weighted by molar-refractivity contribution is -0.120. The maximum Gasteiger partial charge on any atom is 0.230 e. The number of carbonyl (C=O) groups is 1. The molecule has 0 saturated carbocycles. The third kappa shape index (κ3) is 4.05. The minimum Gasteiger partial charge on any atom is -0.377 e. The zero-order valence-corrected chi connectivity index (χ0v) is 14.1. The molecule has 3 nitrogen and oxygen atoms in total. The van der Waals surface area contributed by atoms with Gasteiger partial charge < -0.3 is 10.1 Å². The lowest BCUT2D eigenvalue weighted by Gasteiger charge is -2.26. The predicted molar refractivity (Wildman–Crippen MR) is 91.3 cm³/mol. The number of carbonyl (C=O) groups excluding carboxylic acids is 1. The molecule has 0 aromatic heterocycles. The second-order valence-electron chi connectivity index (χ2n) is 6.73. The van der Waals surface area contributed by atoms with Crippen LogP contribution in [0.2, 0.25) is 0 Å². The molecule has 1 fully saturated rings. The van der Waals surface area contributed by atoms with E-state index in [0.29, 0.717) is 11.9 Å². The van der Waals surface area contributed by atoms with Gasteiger partial charge in [-0.3, -0.25) is 4.79 Å². The third-order valence-corrected chi connectivity index (χ3v) is 5.61. The van der Waals surface area contributed by atoms with E-state index in [4.69, 9.17) is 4.74 Å². The molecule has 1 aromatic rings. The fourth-order valence-corrected chi connectivity index (χ4v) is 4.39. The molecule has 1 aromatic carbocycles. The van der Waals surface area contributed by atoms with E-state index in [-0.39, 0.29) is 11.4 Å². The first-order chi connectivity index (χ1) is 10.6. The van der Waals surface area contributed by atoms with Gasteiger partial charge in [-0.15, -0.1) is 11.8 Å². The van der Waals surface area contributed by atoms with Gasteiger partial charge in [0.05, 0.1) is 11.9 Å². The Kier molecular flexibility index (Phi) is 5.09. The van der Waals surface area contributed by atoms with E-state index in [2.05, 4.69) is 36.5 Å². The molecule has 1 atom stereocenters. The molecule has 1 aliphatic carbocycles. The first kappa shape index (κ1) is 15.9. The van der Waals surface area contributed by atoms with Crippen molar-refractivity contribution >= 4 is 17.7 Å². The highest BCUT2D eigenvalue weighted by Crippen LogP contribution is 2.29. The van der Waals surface area contributed by atoms with Crippen molar-refractivity contribution in [2.45, 2.75) is 50.7 Å². The molecule has 1 aliphatic heterocycles. The van der Waals surface area contributed by atoms with Gasteiger partial charge in [0.25, 0.3) is 0 Å². The Morgan fingerprint density at radius 3 is 2.68 bits per heavy atom. The van der Waals surface area contributed by atoms with Crippen LogP contribution in [0.5, 0.6) is 0 Å². The summed E-state index contributed by atoms with van der Waals surface area (Å²) in [5, 5.41) is 3.24. The van der Waals surface area contributed by atoms with E-state index in [0.717, 1.165) is 31.6 Å². The summed E-state index contributed by atoms with van der Waals surface area (Å²) < 4.78 is 5.70. The Hall–Kier alpha value is -1.00. The lowest BCUT2D eigenvalue weighted by Crippen LogP contribution is -2.47. The maximum absolute atomic E-state index is 12.2. The highest BCUT2D eigenvalue weighted by molar-refractivity contribution is 7.99. The van der Waals surface area contributed by atoms with E-state index < -0.39 is 0 Å². The van der Waals surface area contributed by atoms with Gasteiger partial charge >= 0.3 is 0 Å². The molecular formula is C18H25NO2S. The van der Waals surface area contributed by atoms with Gasteiger partial charge in [-0.05, 0) is 50.2 Å². The number of thioether (sulfide) groups is 1. The number of ether oxygens (including phenoxy) is 1. The van der Waals surface area contributed by atoms with Gasteiger partial charge in [0.15, 0.2) is 0 Å². The minimum atomic E-state index is -0.122. The van der Waals surface area contributed by atoms with Crippen molar-refractivity contribution in [1.82, 2.24) is 5.32 Å². The van der Waals surface area contributed by atoms with Crippen LogP contribution in [0.3, 0.4) is 0 Å². The number of fused-ring (bicyclic) bond motifs is 1. The third-order valence-electron chi connectivity index (χ3n) is 4.53. The van der Waals surface area contributed by atoms with Gasteiger partial charge in [-0.2, -0.15) is 0 Å². The van der Waals surface area contributed by atoms with Crippen LogP contribution in [0, 0.1) is 0 Å². The van der Waals surface area contributed by atoms with Crippen LogP contribution in [0.4, 0.5) is 0 Å². The van der Waals surface area contributed by atoms with E-state index in [9.17, 15) is 4.79 Å². The van der Waals surface area contributed by atoms with Crippen LogP contribution >= 0.6 is 11.8 Å². The zero-order valence-electron chi connectivity index (χ0n) is 13.3. The van der Waals surface area contributed by atoms with E-state index in [1.54, 1.807) is 11.8 Å². The van der Waals surface area contributed by atoms with Crippen molar-refractivity contribution in [2.24, 2.45) is 0 Å². The number of benzene rings is 1. The largest absolute Gasteiger partial charge is 0.377 e. The summed E-state index contributed by atoms with van der Waals surface area (Å²) in [6, 6.07) is 8.49. The van der Waals surface area contributed by atoms with Crippen LogP contribution in [0.15, 0.2) is 24.3 Å². The Morgan fingerprint density at radius 2 is 2.05 bits per heavy atom. The van der Waals surface area contributed by atoms with Gasteiger partial charge in [0.2, 0.25) is 5.91 Å². The molecule has 1 N–H and O–H groups in total.